The number of hydrogen-bond donors (Lipinski definition) is 2. The molecule has 0 spiro atoms. The lowest BCUT2D eigenvalue weighted by molar-refractivity contribution is -0.116. The average Bonchev–Trinajstić information content (AvgIpc) is 2.98. The monoisotopic (exact) mass is 351 g/mol. The van der Waals surface area contributed by atoms with Gasteiger partial charge in [0.05, 0.1) is 12.8 Å². The van der Waals surface area contributed by atoms with Crippen LogP contribution in [0.5, 0.6) is 5.75 Å². The maximum Gasteiger partial charge on any atom is 0.264 e. The Morgan fingerprint density at radius 3 is 2.81 bits per heavy atom. The number of aryl methyl sites for hydroxylation is 1. The van der Waals surface area contributed by atoms with Gasteiger partial charge in [0.2, 0.25) is 5.91 Å². The van der Waals surface area contributed by atoms with Crippen LogP contribution < -0.4 is 15.6 Å². The number of fused-ring (bicyclic) bond motifs is 1. The molecule has 8 heteroatoms. The molecule has 1 aromatic carbocycles. The summed E-state index contributed by atoms with van der Waals surface area (Å²) < 4.78 is 6.86. The fourth-order valence-electron chi connectivity index (χ4n) is 3.31. The molecule has 4 rings (SSSR count). The zero-order chi connectivity index (χ0) is 18.3. The first-order valence-corrected chi connectivity index (χ1v) is 8.16. The third kappa shape index (κ3) is 2.65. The number of carbonyl (C=O) groups is 1. The van der Waals surface area contributed by atoms with Gasteiger partial charge in [0.25, 0.3) is 5.56 Å². The molecule has 0 fully saturated rings. The van der Waals surface area contributed by atoms with Crippen LogP contribution in [0.25, 0.3) is 5.82 Å². The molecule has 8 nitrogen and oxygen atoms in total. The Bertz CT molecular complexity index is 1030. The first-order chi connectivity index (χ1) is 12.6. The predicted octanol–water partition coefficient (Wildman–Crippen LogP) is 1.75. The number of anilines is 1. The molecule has 1 amide bonds. The maximum atomic E-state index is 12.3. The second kappa shape index (κ2) is 6.14. The number of nitrogens with zero attached hydrogens (tertiary/aromatic N) is 3. The second-order valence-electron chi connectivity index (χ2n) is 6.12. The number of aromatic amines is 1. The third-order valence-electron chi connectivity index (χ3n) is 4.48. The Hall–Kier alpha value is -3.42. The van der Waals surface area contributed by atoms with Gasteiger partial charge in [-0.05, 0) is 30.7 Å². The quantitative estimate of drug-likeness (QED) is 0.748. The minimum Gasteiger partial charge on any atom is -0.497 e. The van der Waals surface area contributed by atoms with E-state index < -0.39 is 0 Å². The first-order valence-electron chi connectivity index (χ1n) is 8.16. The van der Waals surface area contributed by atoms with Gasteiger partial charge in [-0.3, -0.25) is 9.59 Å². The molecule has 1 aliphatic rings. The largest absolute Gasteiger partial charge is 0.497 e. The summed E-state index contributed by atoms with van der Waals surface area (Å²) in [4.78, 5) is 23.6. The number of amides is 1. The minimum absolute atomic E-state index is 0.101. The molecule has 3 heterocycles. The van der Waals surface area contributed by atoms with Crippen LogP contribution in [0.2, 0.25) is 0 Å². The van der Waals surface area contributed by atoms with E-state index in [0.29, 0.717) is 18.1 Å². The van der Waals surface area contributed by atoms with E-state index in [4.69, 9.17) is 4.74 Å². The summed E-state index contributed by atoms with van der Waals surface area (Å²) in [5.74, 6) is 1.51. The van der Waals surface area contributed by atoms with E-state index in [9.17, 15) is 9.59 Å². The molecular formula is C18H17N5O3. The van der Waals surface area contributed by atoms with Crippen LogP contribution in [-0.4, -0.2) is 33.0 Å². The van der Waals surface area contributed by atoms with Crippen molar-refractivity contribution in [2.75, 3.05) is 12.4 Å². The third-order valence-corrected chi connectivity index (χ3v) is 4.48. The Morgan fingerprint density at radius 1 is 1.23 bits per heavy atom. The van der Waals surface area contributed by atoms with Gasteiger partial charge in [-0.2, -0.15) is 14.9 Å². The van der Waals surface area contributed by atoms with Gasteiger partial charge >= 0.3 is 0 Å². The summed E-state index contributed by atoms with van der Waals surface area (Å²) in [6.45, 7) is 1.89. The SMILES string of the molecule is COc1cccc([C@@H]2CC(=O)Nc3c2c(C)nn3-c2ccc(=O)[nH]n2)c1. The van der Waals surface area contributed by atoms with Crippen LogP contribution in [0, 0.1) is 6.92 Å². The summed E-state index contributed by atoms with van der Waals surface area (Å²) in [6, 6.07) is 10.6. The van der Waals surface area contributed by atoms with Crippen molar-refractivity contribution >= 4 is 11.7 Å². The van der Waals surface area contributed by atoms with Crippen LogP contribution in [-0.2, 0) is 4.79 Å². The summed E-state index contributed by atoms with van der Waals surface area (Å²) in [6.07, 6.45) is 0.325. The number of benzene rings is 1. The molecule has 0 bridgehead atoms. The normalized spacial score (nSPS) is 16.1. The molecule has 0 radical (unpaired) electrons. The number of rotatable bonds is 3. The van der Waals surface area contributed by atoms with Crippen molar-refractivity contribution in [1.82, 2.24) is 20.0 Å². The number of H-pyrrole nitrogens is 1. The maximum absolute atomic E-state index is 12.3. The highest BCUT2D eigenvalue weighted by Gasteiger charge is 2.33. The lowest BCUT2D eigenvalue weighted by Crippen LogP contribution is -2.25. The molecule has 1 atom stereocenters. The highest BCUT2D eigenvalue weighted by Crippen LogP contribution is 2.40. The van der Waals surface area contributed by atoms with Crippen LogP contribution >= 0.6 is 0 Å². The van der Waals surface area contributed by atoms with E-state index in [1.807, 2.05) is 31.2 Å². The van der Waals surface area contributed by atoms with Gasteiger partial charge in [0, 0.05) is 24.0 Å². The van der Waals surface area contributed by atoms with Gasteiger partial charge in [-0.1, -0.05) is 12.1 Å². The van der Waals surface area contributed by atoms with Crippen LogP contribution in [0.3, 0.4) is 0 Å². The number of hydrogen-bond acceptors (Lipinski definition) is 5. The Kier molecular flexibility index (Phi) is 3.80. The first kappa shape index (κ1) is 16.1. The Morgan fingerprint density at radius 2 is 2.08 bits per heavy atom. The Balaban J connectivity index is 1.86. The van der Waals surface area contributed by atoms with E-state index in [-0.39, 0.29) is 17.4 Å². The van der Waals surface area contributed by atoms with E-state index in [2.05, 4.69) is 20.6 Å². The molecule has 0 saturated heterocycles. The molecule has 0 aliphatic carbocycles. The molecule has 3 aromatic rings. The number of aromatic nitrogens is 4. The fourth-order valence-corrected chi connectivity index (χ4v) is 3.31. The summed E-state index contributed by atoms with van der Waals surface area (Å²) in [5.41, 5.74) is 2.41. The highest BCUT2D eigenvalue weighted by atomic mass is 16.5. The van der Waals surface area contributed by atoms with E-state index in [0.717, 1.165) is 22.6 Å². The van der Waals surface area contributed by atoms with Gasteiger partial charge in [0.1, 0.15) is 11.6 Å². The Labute approximate surface area is 148 Å². The van der Waals surface area contributed by atoms with E-state index in [1.54, 1.807) is 17.9 Å². The summed E-state index contributed by atoms with van der Waals surface area (Å²) in [7, 11) is 1.61. The van der Waals surface area contributed by atoms with Crippen molar-refractivity contribution in [3.8, 4) is 11.6 Å². The molecule has 2 N–H and O–H groups in total. The molecule has 0 unspecified atom stereocenters. The van der Waals surface area contributed by atoms with Crippen molar-refractivity contribution in [2.45, 2.75) is 19.3 Å². The van der Waals surface area contributed by atoms with Crippen molar-refractivity contribution in [2.24, 2.45) is 0 Å². The second-order valence-corrected chi connectivity index (χ2v) is 6.12. The number of methoxy groups -OCH3 is 1. The topological polar surface area (TPSA) is 102 Å². The molecule has 132 valence electrons. The summed E-state index contributed by atoms with van der Waals surface area (Å²) >= 11 is 0. The van der Waals surface area contributed by atoms with Crippen molar-refractivity contribution in [1.29, 1.82) is 0 Å². The molecule has 2 aromatic heterocycles. The highest BCUT2D eigenvalue weighted by molar-refractivity contribution is 5.95. The van der Waals surface area contributed by atoms with E-state index >= 15 is 0 Å². The lowest BCUT2D eigenvalue weighted by Gasteiger charge is -2.24. The lowest BCUT2D eigenvalue weighted by atomic mass is 9.86. The van der Waals surface area contributed by atoms with Gasteiger partial charge in [-0.25, -0.2) is 5.10 Å². The molecular weight excluding hydrogens is 334 g/mol. The predicted molar refractivity (Wildman–Crippen MR) is 94.8 cm³/mol. The minimum atomic E-state index is -0.301. The number of nitrogens with one attached hydrogen (secondary N) is 2. The van der Waals surface area contributed by atoms with Gasteiger partial charge in [0.15, 0.2) is 5.82 Å². The molecule has 1 aliphatic heterocycles. The zero-order valence-electron chi connectivity index (χ0n) is 14.3. The summed E-state index contributed by atoms with van der Waals surface area (Å²) in [5, 5.41) is 13.8. The van der Waals surface area contributed by atoms with Crippen LogP contribution in [0.15, 0.2) is 41.2 Å². The molecule has 26 heavy (non-hydrogen) atoms. The number of ether oxygens (including phenoxy) is 1. The molecule has 0 saturated carbocycles. The average molecular weight is 351 g/mol. The smallest absolute Gasteiger partial charge is 0.264 e. The van der Waals surface area contributed by atoms with Crippen molar-refractivity contribution < 1.29 is 9.53 Å². The zero-order valence-corrected chi connectivity index (χ0v) is 14.3. The van der Waals surface area contributed by atoms with Crippen LogP contribution in [0.4, 0.5) is 5.82 Å². The standard InChI is InChI=1S/C18H17N5O3/c1-10-17-13(11-4-3-5-12(8-11)26-2)9-16(25)19-18(17)23(22-10)14-6-7-15(24)21-20-14/h3-8,13H,9H2,1-2H3,(H,19,25)(H,21,24)/t13-/m0/s1. The van der Waals surface area contributed by atoms with Crippen molar-refractivity contribution in [3.05, 3.63) is 63.6 Å². The van der Waals surface area contributed by atoms with E-state index in [1.165, 1.54) is 6.07 Å². The van der Waals surface area contributed by atoms with Crippen molar-refractivity contribution in [3.63, 3.8) is 0 Å². The fraction of sp³-hybridized carbons (Fsp3) is 0.222. The number of carbonyl (C=O) groups excluding carboxylic acids is 1. The van der Waals surface area contributed by atoms with Crippen LogP contribution in [0.1, 0.15) is 29.2 Å². The van der Waals surface area contributed by atoms with Gasteiger partial charge < -0.3 is 10.1 Å². The van der Waals surface area contributed by atoms with Gasteiger partial charge in [-0.15, -0.1) is 0 Å².